The fourth-order valence-electron chi connectivity index (χ4n) is 1.97. The quantitative estimate of drug-likeness (QED) is 0.469. The molecule has 2 fully saturated rings. The van der Waals surface area contributed by atoms with Crippen LogP contribution < -0.4 is 5.73 Å². The molecule has 1 aromatic heterocycles. The zero-order valence-electron chi connectivity index (χ0n) is 10.6. The molecule has 6 heteroatoms. The molecule has 1 atom stereocenters. The molecule has 0 amide bonds. The van der Waals surface area contributed by atoms with E-state index in [1.165, 1.54) is 31.5 Å². The fraction of sp³-hybridized carbons (Fsp3) is 0.750. The molecular formula is C12H19N5S. The molecule has 98 valence electrons. The van der Waals surface area contributed by atoms with Gasteiger partial charge < -0.3 is 10.3 Å². The number of hydrogen-bond donors (Lipinski definition) is 2. The summed E-state index contributed by atoms with van der Waals surface area (Å²) in [6.07, 6.45) is 5.04. The third kappa shape index (κ3) is 2.39. The van der Waals surface area contributed by atoms with Gasteiger partial charge in [0.05, 0.1) is 5.84 Å². The topological polar surface area (TPSA) is 80.6 Å². The average molecular weight is 265 g/mol. The first-order chi connectivity index (χ1) is 8.66. The van der Waals surface area contributed by atoms with Crippen LogP contribution in [0, 0.1) is 11.3 Å². The summed E-state index contributed by atoms with van der Waals surface area (Å²) in [7, 11) is 0. The molecule has 5 nitrogen and oxygen atoms in total. The average Bonchev–Trinajstić information content (AvgIpc) is 3.24. The first-order valence-electron chi connectivity index (χ1n) is 6.58. The highest BCUT2D eigenvalue weighted by Gasteiger charge is 2.36. The Hall–Kier alpha value is -1.04. The third-order valence-electron chi connectivity index (χ3n) is 3.54. The molecule has 2 aliphatic carbocycles. The van der Waals surface area contributed by atoms with Crippen molar-refractivity contribution in [1.82, 2.24) is 14.8 Å². The number of nitrogens with one attached hydrogen (secondary N) is 1. The van der Waals surface area contributed by atoms with Crippen molar-refractivity contribution < 1.29 is 0 Å². The van der Waals surface area contributed by atoms with Crippen molar-refractivity contribution in [3.05, 3.63) is 5.82 Å². The summed E-state index contributed by atoms with van der Waals surface area (Å²) < 4.78 is 2.34. The second-order valence-electron chi connectivity index (χ2n) is 5.38. The molecule has 0 spiro atoms. The van der Waals surface area contributed by atoms with Gasteiger partial charge in [-0.3, -0.25) is 5.41 Å². The van der Waals surface area contributed by atoms with Crippen molar-refractivity contribution in [3.8, 4) is 0 Å². The second kappa shape index (κ2) is 4.57. The van der Waals surface area contributed by atoms with Crippen LogP contribution in [0.4, 0.5) is 0 Å². The second-order valence-corrected chi connectivity index (χ2v) is 6.37. The van der Waals surface area contributed by atoms with E-state index in [9.17, 15) is 0 Å². The summed E-state index contributed by atoms with van der Waals surface area (Å²) in [4.78, 5) is 0. The van der Waals surface area contributed by atoms with Gasteiger partial charge in [-0.2, -0.15) is 0 Å². The number of aromatic nitrogens is 3. The van der Waals surface area contributed by atoms with Gasteiger partial charge in [0.15, 0.2) is 5.16 Å². The number of rotatable bonds is 6. The van der Waals surface area contributed by atoms with Crippen LogP contribution in [-0.2, 0) is 0 Å². The SMILES string of the molecule is CC(CSc1nnc(C2CC2)n1C1CC1)C(=N)N. The van der Waals surface area contributed by atoms with E-state index in [0.29, 0.717) is 12.0 Å². The Morgan fingerprint density at radius 1 is 1.44 bits per heavy atom. The Bertz CT molecular complexity index is 461. The van der Waals surface area contributed by atoms with E-state index in [1.807, 2.05) is 6.92 Å². The highest BCUT2D eigenvalue weighted by molar-refractivity contribution is 7.99. The van der Waals surface area contributed by atoms with Crippen LogP contribution in [0.1, 0.15) is 50.4 Å². The lowest BCUT2D eigenvalue weighted by molar-refractivity contribution is 0.626. The maximum atomic E-state index is 7.42. The molecule has 0 bridgehead atoms. The molecule has 1 aromatic rings. The number of nitrogens with two attached hydrogens (primary N) is 1. The van der Waals surface area contributed by atoms with Gasteiger partial charge in [0.25, 0.3) is 0 Å². The Kier molecular flexibility index (Phi) is 3.05. The van der Waals surface area contributed by atoms with Crippen molar-refractivity contribution in [3.63, 3.8) is 0 Å². The van der Waals surface area contributed by atoms with Crippen molar-refractivity contribution in [2.75, 3.05) is 5.75 Å². The van der Waals surface area contributed by atoms with E-state index in [2.05, 4.69) is 14.8 Å². The molecule has 1 heterocycles. The van der Waals surface area contributed by atoms with Crippen molar-refractivity contribution in [2.45, 2.75) is 49.7 Å². The van der Waals surface area contributed by atoms with E-state index >= 15 is 0 Å². The minimum Gasteiger partial charge on any atom is -0.387 e. The van der Waals surface area contributed by atoms with Gasteiger partial charge in [-0.25, -0.2) is 0 Å². The molecule has 0 aliphatic heterocycles. The van der Waals surface area contributed by atoms with Crippen LogP contribution in [0.5, 0.6) is 0 Å². The number of amidine groups is 1. The first kappa shape index (κ1) is 12.0. The smallest absolute Gasteiger partial charge is 0.191 e. The third-order valence-corrected chi connectivity index (χ3v) is 4.74. The van der Waals surface area contributed by atoms with E-state index in [1.54, 1.807) is 11.8 Å². The van der Waals surface area contributed by atoms with Crippen molar-refractivity contribution in [2.24, 2.45) is 11.7 Å². The van der Waals surface area contributed by atoms with Crippen LogP contribution in [0.15, 0.2) is 5.16 Å². The molecule has 0 radical (unpaired) electrons. The predicted molar refractivity (Wildman–Crippen MR) is 72.1 cm³/mol. The molecule has 0 aromatic carbocycles. The monoisotopic (exact) mass is 265 g/mol. The lowest BCUT2D eigenvalue weighted by Gasteiger charge is -2.10. The van der Waals surface area contributed by atoms with Gasteiger partial charge in [-0.1, -0.05) is 18.7 Å². The molecule has 3 N–H and O–H groups in total. The lowest BCUT2D eigenvalue weighted by Crippen LogP contribution is -2.21. The van der Waals surface area contributed by atoms with Gasteiger partial charge in [0.1, 0.15) is 5.82 Å². The van der Waals surface area contributed by atoms with Crippen LogP contribution >= 0.6 is 11.8 Å². The molecule has 2 aliphatic rings. The summed E-state index contributed by atoms with van der Waals surface area (Å²) in [5.41, 5.74) is 5.50. The zero-order chi connectivity index (χ0) is 12.7. The molecule has 3 rings (SSSR count). The fourth-order valence-corrected chi connectivity index (χ4v) is 3.03. The van der Waals surface area contributed by atoms with Crippen LogP contribution in [-0.4, -0.2) is 26.4 Å². The van der Waals surface area contributed by atoms with Crippen molar-refractivity contribution >= 4 is 17.6 Å². The van der Waals surface area contributed by atoms with Crippen LogP contribution in [0.2, 0.25) is 0 Å². The van der Waals surface area contributed by atoms with E-state index in [4.69, 9.17) is 11.1 Å². The van der Waals surface area contributed by atoms with Crippen molar-refractivity contribution in [1.29, 1.82) is 5.41 Å². The van der Waals surface area contributed by atoms with Gasteiger partial charge >= 0.3 is 0 Å². The highest BCUT2D eigenvalue weighted by Crippen LogP contribution is 2.46. The Morgan fingerprint density at radius 3 is 2.72 bits per heavy atom. The zero-order valence-corrected chi connectivity index (χ0v) is 11.4. The summed E-state index contributed by atoms with van der Waals surface area (Å²) >= 11 is 1.69. The maximum absolute atomic E-state index is 7.42. The van der Waals surface area contributed by atoms with Gasteiger partial charge in [-0.05, 0) is 25.7 Å². The Labute approximate surface area is 111 Å². The predicted octanol–water partition coefficient (Wildman–Crippen LogP) is 2.15. The van der Waals surface area contributed by atoms with Crippen LogP contribution in [0.25, 0.3) is 0 Å². The summed E-state index contributed by atoms with van der Waals surface area (Å²) in [6, 6.07) is 0.630. The van der Waals surface area contributed by atoms with Gasteiger partial charge in [0.2, 0.25) is 0 Å². The first-order valence-corrected chi connectivity index (χ1v) is 7.57. The summed E-state index contributed by atoms with van der Waals surface area (Å²) in [5.74, 6) is 3.00. The number of thioether (sulfide) groups is 1. The number of hydrogen-bond acceptors (Lipinski definition) is 4. The molecule has 2 saturated carbocycles. The minimum absolute atomic E-state index is 0.101. The minimum atomic E-state index is 0.101. The molecule has 0 saturated heterocycles. The van der Waals surface area contributed by atoms with Gasteiger partial charge in [0, 0.05) is 23.6 Å². The maximum Gasteiger partial charge on any atom is 0.191 e. The Balaban J connectivity index is 1.73. The molecule has 1 unspecified atom stereocenters. The summed E-state index contributed by atoms with van der Waals surface area (Å²) in [5, 5.41) is 17.1. The number of nitrogens with zero attached hydrogens (tertiary/aromatic N) is 3. The molecular weight excluding hydrogens is 246 g/mol. The van der Waals surface area contributed by atoms with Crippen LogP contribution in [0.3, 0.4) is 0 Å². The Morgan fingerprint density at radius 2 is 2.17 bits per heavy atom. The largest absolute Gasteiger partial charge is 0.387 e. The highest BCUT2D eigenvalue weighted by atomic mass is 32.2. The standard InChI is InChI=1S/C12H19N5S/c1-7(10(13)14)6-18-12-16-15-11(8-2-3-8)17(12)9-4-5-9/h7-9H,2-6H2,1H3,(H3,13,14). The normalized spacial score (nSPS) is 20.9. The molecule has 18 heavy (non-hydrogen) atoms. The van der Waals surface area contributed by atoms with Gasteiger partial charge in [-0.15, -0.1) is 10.2 Å². The van der Waals surface area contributed by atoms with E-state index in [-0.39, 0.29) is 11.8 Å². The van der Waals surface area contributed by atoms with E-state index < -0.39 is 0 Å². The lowest BCUT2D eigenvalue weighted by atomic mass is 10.2. The van der Waals surface area contributed by atoms with E-state index in [0.717, 1.165) is 10.9 Å². The summed E-state index contributed by atoms with van der Waals surface area (Å²) in [6.45, 7) is 1.98.